The van der Waals surface area contributed by atoms with E-state index >= 15 is 0 Å². The summed E-state index contributed by atoms with van der Waals surface area (Å²) in [5.41, 5.74) is 3.65. The first-order valence-corrected chi connectivity index (χ1v) is 7.64. The van der Waals surface area contributed by atoms with Gasteiger partial charge in [-0.15, -0.1) is 0 Å². The lowest BCUT2D eigenvalue weighted by Gasteiger charge is -2.12. The fourth-order valence-electron chi connectivity index (χ4n) is 2.70. The summed E-state index contributed by atoms with van der Waals surface area (Å²) >= 11 is 0. The Kier molecular flexibility index (Phi) is 3.58. The summed E-state index contributed by atoms with van der Waals surface area (Å²) < 4.78 is 6.86. The molecule has 4 aromatic rings. The molecule has 0 radical (unpaired) electrons. The number of methoxy groups -OCH3 is 1. The quantitative estimate of drug-likeness (QED) is 0.584. The van der Waals surface area contributed by atoms with E-state index in [0.29, 0.717) is 12.6 Å². The van der Waals surface area contributed by atoms with Crippen LogP contribution in [0.15, 0.2) is 37.1 Å². The Balaban J connectivity index is 1.69. The number of anilines is 1. The van der Waals surface area contributed by atoms with Crippen LogP contribution in [0.1, 0.15) is 6.92 Å². The van der Waals surface area contributed by atoms with E-state index < -0.39 is 0 Å². The van der Waals surface area contributed by atoms with Crippen molar-refractivity contribution in [2.24, 2.45) is 0 Å². The third kappa shape index (κ3) is 2.56. The van der Waals surface area contributed by atoms with Gasteiger partial charge in [-0.3, -0.25) is 0 Å². The number of hydrogen-bond acceptors (Lipinski definition) is 6. The molecule has 4 heterocycles. The van der Waals surface area contributed by atoms with Gasteiger partial charge in [0, 0.05) is 48.3 Å². The smallest absolute Gasteiger partial charge is 0.224 e. The molecular weight excluding hydrogens is 306 g/mol. The zero-order valence-electron chi connectivity index (χ0n) is 13.4. The highest BCUT2D eigenvalue weighted by molar-refractivity contribution is 5.93. The predicted octanol–water partition coefficient (Wildman–Crippen LogP) is 2.11. The molecule has 24 heavy (non-hydrogen) atoms. The Hall–Kier alpha value is -3.00. The summed E-state index contributed by atoms with van der Waals surface area (Å²) in [5.74, 6) is 0.576. The maximum Gasteiger partial charge on any atom is 0.224 e. The average molecular weight is 323 g/mol. The molecule has 0 spiro atoms. The van der Waals surface area contributed by atoms with Crippen LogP contribution in [0.2, 0.25) is 0 Å². The minimum absolute atomic E-state index is 0.136. The second-order valence-corrected chi connectivity index (χ2v) is 5.64. The van der Waals surface area contributed by atoms with Gasteiger partial charge in [0.2, 0.25) is 5.95 Å². The molecule has 4 rings (SSSR count). The normalized spacial score (nSPS) is 12.8. The van der Waals surface area contributed by atoms with Crippen LogP contribution in [-0.2, 0) is 4.74 Å². The number of aromatic amines is 1. The molecule has 2 N–H and O–H groups in total. The van der Waals surface area contributed by atoms with Crippen LogP contribution in [0.25, 0.3) is 27.8 Å². The van der Waals surface area contributed by atoms with Gasteiger partial charge in [-0.1, -0.05) is 0 Å². The Morgan fingerprint density at radius 2 is 2.25 bits per heavy atom. The number of ether oxygens (including phenoxy) is 1. The molecule has 0 fully saturated rings. The van der Waals surface area contributed by atoms with Crippen molar-refractivity contribution in [2.45, 2.75) is 13.0 Å². The van der Waals surface area contributed by atoms with Gasteiger partial charge in [-0.05, 0) is 19.1 Å². The lowest BCUT2D eigenvalue weighted by Crippen LogP contribution is -2.22. The number of pyridine rings is 1. The molecule has 122 valence electrons. The lowest BCUT2D eigenvalue weighted by molar-refractivity contribution is 0.190. The Bertz CT molecular complexity index is 990. The van der Waals surface area contributed by atoms with Crippen molar-refractivity contribution >= 4 is 22.6 Å². The fraction of sp³-hybridized carbons (Fsp3) is 0.250. The van der Waals surface area contributed by atoms with Gasteiger partial charge in [0.15, 0.2) is 5.65 Å². The summed E-state index contributed by atoms with van der Waals surface area (Å²) in [6.07, 6.45) is 7.23. The molecule has 0 aliphatic heterocycles. The Morgan fingerprint density at radius 3 is 3.12 bits per heavy atom. The van der Waals surface area contributed by atoms with Gasteiger partial charge in [0.1, 0.15) is 12.0 Å². The minimum atomic E-state index is 0.136. The van der Waals surface area contributed by atoms with Crippen molar-refractivity contribution in [1.82, 2.24) is 29.5 Å². The van der Waals surface area contributed by atoms with Crippen LogP contribution in [0, 0.1) is 0 Å². The molecule has 0 amide bonds. The van der Waals surface area contributed by atoms with Crippen molar-refractivity contribution < 1.29 is 4.74 Å². The van der Waals surface area contributed by atoms with Crippen molar-refractivity contribution in [3.05, 3.63) is 37.1 Å². The van der Waals surface area contributed by atoms with Gasteiger partial charge >= 0.3 is 0 Å². The van der Waals surface area contributed by atoms with Crippen LogP contribution in [0.4, 0.5) is 5.95 Å². The topological polar surface area (TPSA) is 93.0 Å². The number of hydrogen-bond donors (Lipinski definition) is 2. The SMILES string of the molecule is COC[C@H](C)Nc1ncc2c(-c3ccc4ncnn4c3)c[nH]c2n1. The van der Waals surface area contributed by atoms with Crippen molar-refractivity contribution in [3.8, 4) is 11.1 Å². The van der Waals surface area contributed by atoms with Crippen LogP contribution >= 0.6 is 0 Å². The van der Waals surface area contributed by atoms with Gasteiger partial charge in [-0.25, -0.2) is 14.5 Å². The molecule has 0 aliphatic carbocycles. The molecule has 0 saturated carbocycles. The summed E-state index contributed by atoms with van der Waals surface area (Å²) in [6.45, 7) is 2.61. The van der Waals surface area contributed by atoms with E-state index in [1.54, 1.807) is 11.6 Å². The fourth-order valence-corrected chi connectivity index (χ4v) is 2.70. The molecule has 0 aliphatic rings. The molecular formula is C16H17N7O. The van der Waals surface area contributed by atoms with Crippen LogP contribution in [0.3, 0.4) is 0 Å². The monoisotopic (exact) mass is 323 g/mol. The summed E-state index contributed by atoms with van der Waals surface area (Å²) in [4.78, 5) is 16.3. The highest BCUT2D eigenvalue weighted by Gasteiger charge is 2.11. The number of aromatic nitrogens is 6. The predicted molar refractivity (Wildman–Crippen MR) is 90.8 cm³/mol. The number of rotatable bonds is 5. The number of H-pyrrole nitrogens is 1. The Morgan fingerprint density at radius 1 is 1.33 bits per heavy atom. The maximum absolute atomic E-state index is 5.11. The van der Waals surface area contributed by atoms with Gasteiger partial charge in [0.25, 0.3) is 0 Å². The standard InChI is InChI=1S/C16H17N7O/c1-10(8-24-2)21-16-18-6-13-12(5-17-15(13)22-16)11-3-4-14-19-9-20-23(14)7-11/h3-7,9-10H,8H2,1-2H3,(H2,17,18,21,22)/t10-/m0/s1. The first-order chi connectivity index (χ1) is 11.7. The highest BCUT2D eigenvalue weighted by atomic mass is 16.5. The van der Waals surface area contributed by atoms with Gasteiger partial charge in [0.05, 0.1) is 6.61 Å². The number of nitrogens with one attached hydrogen (secondary N) is 2. The molecule has 0 unspecified atom stereocenters. The molecule has 8 nitrogen and oxygen atoms in total. The molecule has 8 heteroatoms. The van der Waals surface area contributed by atoms with E-state index in [9.17, 15) is 0 Å². The molecule has 0 saturated heterocycles. The van der Waals surface area contributed by atoms with Crippen LogP contribution < -0.4 is 5.32 Å². The van der Waals surface area contributed by atoms with E-state index in [0.717, 1.165) is 27.8 Å². The maximum atomic E-state index is 5.11. The molecule has 0 aromatic carbocycles. The zero-order valence-corrected chi connectivity index (χ0v) is 13.4. The second-order valence-electron chi connectivity index (χ2n) is 5.64. The first kappa shape index (κ1) is 14.6. The summed E-state index contributed by atoms with van der Waals surface area (Å²) in [7, 11) is 1.67. The van der Waals surface area contributed by atoms with Gasteiger partial charge in [-0.2, -0.15) is 10.1 Å². The molecule has 1 atom stereocenters. The summed E-state index contributed by atoms with van der Waals surface area (Å²) in [5, 5.41) is 8.35. The van der Waals surface area contributed by atoms with Crippen molar-refractivity contribution in [2.75, 3.05) is 19.0 Å². The van der Waals surface area contributed by atoms with E-state index in [1.807, 2.05) is 37.6 Å². The third-order valence-corrected chi connectivity index (χ3v) is 3.81. The number of fused-ring (bicyclic) bond motifs is 2. The highest BCUT2D eigenvalue weighted by Crippen LogP contribution is 2.27. The van der Waals surface area contributed by atoms with E-state index in [1.165, 1.54) is 6.33 Å². The Labute approximate surface area is 137 Å². The van der Waals surface area contributed by atoms with E-state index in [-0.39, 0.29) is 6.04 Å². The third-order valence-electron chi connectivity index (χ3n) is 3.81. The van der Waals surface area contributed by atoms with Gasteiger partial charge < -0.3 is 15.0 Å². The molecule has 0 bridgehead atoms. The van der Waals surface area contributed by atoms with Crippen molar-refractivity contribution in [1.29, 1.82) is 0 Å². The largest absolute Gasteiger partial charge is 0.383 e. The minimum Gasteiger partial charge on any atom is -0.383 e. The first-order valence-electron chi connectivity index (χ1n) is 7.64. The zero-order chi connectivity index (χ0) is 16.5. The lowest BCUT2D eigenvalue weighted by atomic mass is 10.1. The van der Waals surface area contributed by atoms with Crippen LogP contribution in [-0.4, -0.2) is 49.3 Å². The van der Waals surface area contributed by atoms with Crippen LogP contribution in [0.5, 0.6) is 0 Å². The van der Waals surface area contributed by atoms with Crippen molar-refractivity contribution in [3.63, 3.8) is 0 Å². The van der Waals surface area contributed by atoms with E-state index in [2.05, 4.69) is 30.4 Å². The molecule has 4 aromatic heterocycles. The van der Waals surface area contributed by atoms with E-state index in [4.69, 9.17) is 4.74 Å². The average Bonchev–Trinajstić information content (AvgIpc) is 3.20. The number of nitrogens with zero attached hydrogens (tertiary/aromatic N) is 5. The summed E-state index contributed by atoms with van der Waals surface area (Å²) in [6, 6.07) is 4.08. The second kappa shape index (κ2) is 5.89.